The number of nitrogens with two attached hydrogens (primary N) is 1. The fourth-order valence-corrected chi connectivity index (χ4v) is 3.60. The van der Waals surface area contributed by atoms with E-state index in [2.05, 4.69) is 4.72 Å². The molecule has 5 nitrogen and oxygen atoms in total. The monoisotopic (exact) mass is 318 g/mol. The Hall–Kier alpha value is -2.34. The van der Waals surface area contributed by atoms with E-state index in [-0.39, 0.29) is 16.1 Å². The summed E-state index contributed by atoms with van der Waals surface area (Å²) >= 11 is 0. The molecular weight excluding hydrogens is 300 g/mol. The van der Waals surface area contributed by atoms with Crippen molar-refractivity contribution in [3.63, 3.8) is 0 Å². The minimum Gasteiger partial charge on any atom is -0.366 e. The number of benzene rings is 2. The number of carbonyl (C=O) groups excluding carboxylic acids is 1. The SMILES string of the molecule is Cc1cc(C)c(S(=O)(=O)Nc2ccccc2C(N)=O)cc1C. The van der Waals surface area contributed by atoms with Gasteiger partial charge in [-0.05, 0) is 55.7 Å². The van der Waals surface area contributed by atoms with Crippen LogP contribution >= 0.6 is 0 Å². The number of amides is 1. The first-order valence-electron chi connectivity index (χ1n) is 6.72. The number of carbonyl (C=O) groups is 1. The first-order chi connectivity index (χ1) is 10.2. The van der Waals surface area contributed by atoms with E-state index in [0.717, 1.165) is 11.1 Å². The summed E-state index contributed by atoms with van der Waals surface area (Å²) in [6.45, 7) is 5.51. The van der Waals surface area contributed by atoms with Gasteiger partial charge in [-0.25, -0.2) is 8.42 Å². The van der Waals surface area contributed by atoms with Crippen LogP contribution in [0, 0.1) is 20.8 Å². The van der Waals surface area contributed by atoms with Gasteiger partial charge in [-0.1, -0.05) is 18.2 Å². The number of rotatable bonds is 4. The molecule has 0 spiro atoms. The van der Waals surface area contributed by atoms with E-state index in [9.17, 15) is 13.2 Å². The van der Waals surface area contributed by atoms with E-state index in [1.165, 1.54) is 12.1 Å². The number of primary amides is 1. The topological polar surface area (TPSA) is 89.3 Å². The molecule has 0 unspecified atom stereocenters. The lowest BCUT2D eigenvalue weighted by molar-refractivity contribution is 0.100. The molecule has 2 aromatic rings. The summed E-state index contributed by atoms with van der Waals surface area (Å²) in [7, 11) is -3.80. The number of sulfonamides is 1. The van der Waals surface area contributed by atoms with Crippen molar-refractivity contribution >= 4 is 21.6 Å². The first-order valence-corrected chi connectivity index (χ1v) is 8.20. The third kappa shape index (κ3) is 3.12. The highest BCUT2D eigenvalue weighted by atomic mass is 32.2. The molecule has 0 saturated heterocycles. The molecule has 0 heterocycles. The molecule has 0 radical (unpaired) electrons. The van der Waals surface area contributed by atoms with Gasteiger partial charge in [0.25, 0.3) is 15.9 Å². The summed E-state index contributed by atoms with van der Waals surface area (Å²) in [6, 6.07) is 9.70. The highest BCUT2D eigenvalue weighted by molar-refractivity contribution is 7.92. The fraction of sp³-hybridized carbons (Fsp3) is 0.188. The van der Waals surface area contributed by atoms with Crippen LogP contribution in [0.3, 0.4) is 0 Å². The molecule has 116 valence electrons. The van der Waals surface area contributed by atoms with E-state index in [1.54, 1.807) is 25.1 Å². The first kappa shape index (κ1) is 16.0. The van der Waals surface area contributed by atoms with Gasteiger partial charge in [-0.3, -0.25) is 9.52 Å². The van der Waals surface area contributed by atoms with E-state index in [1.807, 2.05) is 19.9 Å². The van der Waals surface area contributed by atoms with Crippen LogP contribution in [0.25, 0.3) is 0 Å². The summed E-state index contributed by atoms with van der Waals surface area (Å²) in [6.07, 6.45) is 0. The Morgan fingerprint density at radius 2 is 1.59 bits per heavy atom. The predicted molar refractivity (Wildman–Crippen MR) is 86.4 cm³/mol. The predicted octanol–water partition coefficient (Wildman–Crippen LogP) is 2.51. The summed E-state index contributed by atoms with van der Waals surface area (Å²) in [5.41, 5.74) is 8.13. The summed E-state index contributed by atoms with van der Waals surface area (Å²) in [5.74, 6) is -0.685. The molecule has 3 N–H and O–H groups in total. The maximum Gasteiger partial charge on any atom is 0.262 e. The van der Waals surface area contributed by atoms with Gasteiger partial charge in [0.1, 0.15) is 0 Å². The van der Waals surface area contributed by atoms with Crippen molar-refractivity contribution in [2.24, 2.45) is 5.73 Å². The van der Waals surface area contributed by atoms with Crippen LogP contribution in [0.5, 0.6) is 0 Å². The number of hydrogen-bond donors (Lipinski definition) is 2. The largest absolute Gasteiger partial charge is 0.366 e. The normalized spacial score (nSPS) is 11.2. The van der Waals surface area contributed by atoms with Crippen molar-refractivity contribution in [1.82, 2.24) is 0 Å². The minimum absolute atomic E-state index is 0.132. The molecule has 0 atom stereocenters. The fourth-order valence-electron chi connectivity index (χ4n) is 2.21. The molecule has 0 fully saturated rings. The lowest BCUT2D eigenvalue weighted by atomic mass is 10.1. The zero-order valence-corrected chi connectivity index (χ0v) is 13.5. The third-order valence-corrected chi connectivity index (χ3v) is 5.03. The van der Waals surface area contributed by atoms with Crippen LogP contribution in [0.15, 0.2) is 41.3 Å². The Labute approximate surface area is 130 Å². The van der Waals surface area contributed by atoms with Gasteiger partial charge in [0.05, 0.1) is 16.1 Å². The smallest absolute Gasteiger partial charge is 0.262 e. The highest BCUT2D eigenvalue weighted by Gasteiger charge is 2.20. The molecule has 0 aliphatic carbocycles. The van der Waals surface area contributed by atoms with Gasteiger partial charge in [-0.15, -0.1) is 0 Å². The number of anilines is 1. The molecule has 0 aromatic heterocycles. The minimum atomic E-state index is -3.80. The van der Waals surface area contributed by atoms with Crippen LogP contribution in [0.4, 0.5) is 5.69 Å². The maximum absolute atomic E-state index is 12.6. The molecular formula is C16H18N2O3S. The molecule has 22 heavy (non-hydrogen) atoms. The van der Waals surface area contributed by atoms with Crippen molar-refractivity contribution in [3.8, 4) is 0 Å². The molecule has 0 aliphatic heterocycles. The summed E-state index contributed by atoms with van der Waals surface area (Å²) in [4.78, 5) is 11.6. The van der Waals surface area contributed by atoms with Gasteiger partial charge in [0.2, 0.25) is 0 Å². The average Bonchev–Trinajstić information content (AvgIpc) is 2.42. The highest BCUT2D eigenvalue weighted by Crippen LogP contribution is 2.24. The van der Waals surface area contributed by atoms with Crippen LogP contribution in [-0.2, 0) is 10.0 Å². The average molecular weight is 318 g/mol. The van der Waals surface area contributed by atoms with E-state index >= 15 is 0 Å². The van der Waals surface area contributed by atoms with Crippen molar-refractivity contribution in [1.29, 1.82) is 0 Å². The number of hydrogen-bond acceptors (Lipinski definition) is 3. The van der Waals surface area contributed by atoms with Gasteiger partial charge >= 0.3 is 0 Å². The number of aryl methyl sites for hydroxylation is 3. The summed E-state index contributed by atoms with van der Waals surface area (Å²) in [5, 5.41) is 0. The standard InChI is InChI=1S/C16H18N2O3S/c1-10-8-12(3)15(9-11(10)2)22(20,21)18-14-7-5-4-6-13(14)16(17)19/h4-9,18H,1-3H3,(H2,17,19). The third-order valence-electron chi connectivity index (χ3n) is 3.52. The quantitative estimate of drug-likeness (QED) is 0.907. The van der Waals surface area contributed by atoms with Crippen molar-refractivity contribution in [2.45, 2.75) is 25.7 Å². The van der Waals surface area contributed by atoms with E-state index in [0.29, 0.717) is 5.56 Å². The van der Waals surface area contributed by atoms with Gasteiger partial charge in [-0.2, -0.15) is 0 Å². The maximum atomic E-state index is 12.6. The molecule has 1 amide bonds. The Morgan fingerprint density at radius 3 is 2.23 bits per heavy atom. The van der Waals surface area contributed by atoms with Gasteiger partial charge in [0.15, 0.2) is 0 Å². The lowest BCUT2D eigenvalue weighted by Gasteiger charge is -2.14. The second kappa shape index (κ2) is 5.81. The Bertz CT molecular complexity index is 842. The van der Waals surface area contributed by atoms with Gasteiger partial charge < -0.3 is 5.73 Å². The Morgan fingerprint density at radius 1 is 1.00 bits per heavy atom. The zero-order chi connectivity index (χ0) is 16.5. The van der Waals surface area contributed by atoms with Crippen LogP contribution in [-0.4, -0.2) is 14.3 Å². The molecule has 0 aliphatic rings. The Balaban J connectivity index is 2.50. The Kier molecular flexibility index (Phi) is 4.23. The number of para-hydroxylation sites is 1. The van der Waals surface area contributed by atoms with Crippen molar-refractivity contribution in [2.75, 3.05) is 4.72 Å². The van der Waals surface area contributed by atoms with Crippen LogP contribution in [0.2, 0.25) is 0 Å². The molecule has 2 aromatic carbocycles. The molecule has 0 bridgehead atoms. The molecule has 6 heteroatoms. The second-order valence-corrected chi connectivity index (χ2v) is 6.87. The second-order valence-electron chi connectivity index (χ2n) is 5.22. The zero-order valence-electron chi connectivity index (χ0n) is 12.7. The van der Waals surface area contributed by atoms with Gasteiger partial charge in [0, 0.05) is 0 Å². The molecule has 0 saturated carbocycles. The van der Waals surface area contributed by atoms with Crippen molar-refractivity contribution < 1.29 is 13.2 Å². The van der Waals surface area contributed by atoms with E-state index in [4.69, 9.17) is 5.73 Å². The lowest BCUT2D eigenvalue weighted by Crippen LogP contribution is -2.19. The van der Waals surface area contributed by atoms with Crippen molar-refractivity contribution in [3.05, 3.63) is 58.7 Å². The number of nitrogens with one attached hydrogen (secondary N) is 1. The summed E-state index contributed by atoms with van der Waals surface area (Å²) < 4.78 is 27.6. The van der Waals surface area contributed by atoms with Crippen LogP contribution in [0.1, 0.15) is 27.0 Å². The molecule has 2 rings (SSSR count). The van der Waals surface area contributed by atoms with E-state index < -0.39 is 15.9 Å². The van der Waals surface area contributed by atoms with Crippen LogP contribution < -0.4 is 10.5 Å².